The van der Waals surface area contributed by atoms with Crippen LogP contribution in [0.3, 0.4) is 0 Å². The fraction of sp³-hybridized carbons (Fsp3) is 0.900. The van der Waals surface area contributed by atoms with Crippen LogP contribution in [0.4, 0.5) is 4.79 Å². The molecule has 0 saturated heterocycles. The Kier molecular flexibility index (Phi) is 3.75. The summed E-state index contributed by atoms with van der Waals surface area (Å²) in [5, 5.41) is 12.7. The highest BCUT2D eigenvalue weighted by atomic mass is 16.3. The summed E-state index contributed by atoms with van der Waals surface area (Å²) in [6.45, 7) is 2.99. The molecule has 0 aromatic rings. The molecule has 2 N–H and O–H groups in total. The zero-order valence-electron chi connectivity index (χ0n) is 9.05. The van der Waals surface area contributed by atoms with Crippen LogP contribution in [0.15, 0.2) is 0 Å². The van der Waals surface area contributed by atoms with Gasteiger partial charge in [-0.15, -0.1) is 0 Å². The van der Waals surface area contributed by atoms with Crippen molar-refractivity contribution in [3.63, 3.8) is 0 Å². The van der Waals surface area contributed by atoms with Crippen molar-refractivity contribution in [3.8, 4) is 0 Å². The normalized spacial score (nSPS) is 19.4. The Hall–Kier alpha value is -0.770. The Morgan fingerprint density at radius 1 is 1.50 bits per heavy atom. The van der Waals surface area contributed by atoms with Crippen LogP contribution in [0.25, 0.3) is 0 Å². The second-order valence-corrected chi connectivity index (χ2v) is 4.10. The minimum absolute atomic E-state index is 0.104. The minimum atomic E-state index is -0.649. The second-order valence-electron chi connectivity index (χ2n) is 4.10. The molecule has 82 valence electrons. The van der Waals surface area contributed by atoms with Gasteiger partial charge >= 0.3 is 6.03 Å². The number of hydrogen-bond acceptors (Lipinski definition) is 2. The number of aliphatic hydroxyl groups is 1. The number of nitrogens with zero attached hydrogens (tertiary/aromatic N) is 1. The van der Waals surface area contributed by atoms with E-state index in [4.69, 9.17) is 0 Å². The van der Waals surface area contributed by atoms with Gasteiger partial charge in [-0.05, 0) is 19.8 Å². The predicted molar refractivity (Wildman–Crippen MR) is 55.1 cm³/mol. The zero-order valence-corrected chi connectivity index (χ0v) is 9.05. The van der Waals surface area contributed by atoms with Gasteiger partial charge in [-0.25, -0.2) is 4.79 Å². The van der Waals surface area contributed by atoms with Crippen molar-refractivity contribution in [1.29, 1.82) is 0 Å². The van der Waals surface area contributed by atoms with Gasteiger partial charge in [-0.2, -0.15) is 0 Å². The molecule has 1 fully saturated rings. The van der Waals surface area contributed by atoms with Gasteiger partial charge in [0.15, 0.2) is 0 Å². The standard InChI is InChI=1S/C10H20N2O2/c1-3-12(2)9(13)11-8-10(14)6-4-5-7-10/h14H,3-8H2,1-2H3,(H,11,13). The number of rotatable bonds is 3. The summed E-state index contributed by atoms with van der Waals surface area (Å²) >= 11 is 0. The van der Waals surface area contributed by atoms with Crippen LogP contribution in [-0.2, 0) is 0 Å². The Balaban J connectivity index is 2.29. The molecule has 4 nitrogen and oxygen atoms in total. The summed E-state index contributed by atoms with van der Waals surface area (Å²) in [5.41, 5.74) is -0.649. The highest BCUT2D eigenvalue weighted by Gasteiger charge is 2.31. The number of carbonyl (C=O) groups is 1. The Morgan fingerprint density at radius 3 is 2.57 bits per heavy atom. The average Bonchev–Trinajstić information content (AvgIpc) is 2.61. The lowest BCUT2D eigenvalue weighted by Crippen LogP contribution is -2.45. The van der Waals surface area contributed by atoms with E-state index in [1.54, 1.807) is 11.9 Å². The van der Waals surface area contributed by atoms with E-state index in [-0.39, 0.29) is 6.03 Å². The Morgan fingerprint density at radius 2 is 2.07 bits per heavy atom. The highest BCUT2D eigenvalue weighted by Crippen LogP contribution is 2.28. The molecule has 14 heavy (non-hydrogen) atoms. The largest absolute Gasteiger partial charge is 0.388 e. The first kappa shape index (κ1) is 11.3. The van der Waals surface area contributed by atoms with E-state index in [0.29, 0.717) is 13.1 Å². The third-order valence-electron chi connectivity index (χ3n) is 2.92. The van der Waals surface area contributed by atoms with Crippen LogP contribution in [0.5, 0.6) is 0 Å². The predicted octanol–water partition coefficient (Wildman–Crippen LogP) is 0.953. The lowest BCUT2D eigenvalue weighted by Gasteiger charge is -2.24. The molecule has 1 aliphatic rings. The third-order valence-corrected chi connectivity index (χ3v) is 2.92. The quantitative estimate of drug-likeness (QED) is 0.712. The third kappa shape index (κ3) is 2.87. The van der Waals surface area contributed by atoms with Crippen LogP contribution in [-0.4, -0.2) is 41.8 Å². The molecule has 0 aromatic heterocycles. The van der Waals surface area contributed by atoms with Gasteiger partial charge in [0, 0.05) is 20.1 Å². The molecule has 0 aliphatic heterocycles. The molecule has 2 amide bonds. The van der Waals surface area contributed by atoms with Crippen molar-refractivity contribution in [3.05, 3.63) is 0 Å². The number of nitrogens with one attached hydrogen (secondary N) is 1. The SMILES string of the molecule is CCN(C)C(=O)NCC1(O)CCCC1. The monoisotopic (exact) mass is 200 g/mol. The van der Waals surface area contributed by atoms with Crippen molar-refractivity contribution in [2.45, 2.75) is 38.2 Å². The second kappa shape index (κ2) is 4.64. The van der Waals surface area contributed by atoms with E-state index < -0.39 is 5.60 Å². The first-order chi connectivity index (χ1) is 6.57. The van der Waals surface area contributed by atoms with E-state index in [9.17, 15) is 9.90 Å². The maximum Gasteiger partial charge on any atom is 0.317 e. The molecule has 1 saturated carbocycles. The molecular formula is C10H20N2O2. The molecule has 0 spiro atoms. The Bertz CT molecular complexity index is 200. The van der Waals surface area contributed by atoms with Gasteiger partial charge in [0.1, 0.15) is 0 Å². The van der Waals surface area contributed by atoms with Crippen LogP contribution in [0, 0.1) is 0 Å². The van der Waals surface area contributed by atoms with Gasteiger partial charge in [-0.1, -0.05) is 12.8 Å². The minimum Gasteiger partial charge on any atom is -0.388 e. The number of hydrogen-bond donors (Lipinski definition) is 2. The van der Waals surface area contributed by atoms with E-state index >= 15 is 0 Å². The van der Waals surface area contributed by atoms with Gasteiger partial charge in [0.2, 0.25) is 0 Å². The Labute approximate surface area is 85.3 Å². The lowest BCUT2D eigenvalue weighted by molar-refractivity contribution is 0.0489. The molecular weight excluding hydrogens is 180 g/mol. The lowest BCUT2D eigenvalue weighted by atomic mass is 10.0. The molecule has 0 heterocycles. The van der Waals surface area contributed by atoms with Crippen molar-refractivity contribution in [1.82, 2.24) is 10.2 Å². The number of urea groups is 1. The van der Waals surface area contributed by atoms with E-state index in [1.807, 2.05) is 6.92 Å². The van der Waals surface area contributed by atoms with E-state index in [2.05, 4.69) is 5.32 Å². The molecule has 0 bridgehead atoms. The number of amides is 2. The van der Waals surface area contributed by atoms with Crippen LogP contribution in [0.1, 0.15) is 32.6 Å². The van der Waals surface area contributed by atoms with Crippen molar-refractivity contribution >= 4 is 6.03 Å². The summed E-state index contributed by atoms with van der Waals surface area (Å²) in [6, 6.07) is -0.104. The first-order valence-electron chi connectivity index (χ1n) is 5.29. The first-order valence-corrected chi connectivity index (χ1v) is 5.29. The van der Waals surface area contributed by atoms with Crippen molar-refractivity contribution in [2.24, 2.45) is 0 Å². The maximum absolute atomic E-state index is 11.4. The number of carbonyl (C=O) groups excluding carboxylic acids is 1. The van der Waals surface area contributed by atoms with Crippen molar-refractivity contribution < 1.29 is 9.90 Å². The molecule has 0 radical (unpaired) electrons. The van der Waals surface area contributed by atoms with Crippen LogP contribution in [0.2, 0.25) is 0 Å². The molecule has 0 atom stereocenters. The van der Waals surface area contributed by atoms with Gasteiger partial charge in [-0.3, -0.25) is 0 Å². The van der Waals surface area contributed by atoms with Crippen LogP contribution < -0.4 is 5.32 Å². The van der Waals surface area contributed by atoms with Crippen LogP contribution >= 0.6 is 0 Å². The summed E-state index contributed by atoms with van der Waals surface area (Å²) in [5.74, 6) is 0. The average molecular weight is 200 g/mol. The summed E-state index contributed by atoms with van der Waals surface area (Å²) in [6.07, 6.45) is 3.75. The highest BCUT2D eigenvalue weighted by molar-refractivity contribution is 5.73. The summed E-state index contributed by atoms with van der Waals surface area (Å²) in [4.78, 5) is 13.0. The smallest absolute Gasteiger partial charge is 0.317 e. The topological polar surface area (TPSA) is 52.6 Å². The van der Waals surface area contributed by atoms with Crippen molar-refractivity contribution in [2.75, 3.05) is 20.1 Å². The molecule has 0 unspecified atom stereocenters. The summed E-state index contributed by atoms with van der Waals surface area (Å²) in [7, 11) is 1.74. The fourth-order valence-corrected chi connectivity index (χ4v) is 1.73. The molecule has 4 heteroatoms. The van der Waals surface area contributed by atoms with Gasteiger partial charge < -0.3 is 15.3 Å². The molecule has 0 aromatic carbocycles. The molecule has 1 rings (SSSR count). The van der Waals surface area contributed by atoms with Gasteiger partial charge in [0.25, 0.3) is 0 Å². The summed E-state index contributed by atoms with van der Waals surface area (Å²) < 4.78 is 0. The zero-order chi connectivity index (χ0) is 10.6. The van der Waals surface area contributed by atoms with E-state index in [1.165, 1.54) is 0 Å². The van der Waals surface area contributed by atoms with Gasteiger partial charge in [0.05, 0.1) is 5.60 Å². The molecule has 1 aliphatic carbocycles. The maximum atomic E-state index is 11.4. The fourth-order valence-electron chi connectivity index (χ4n) is 1.73. The van der Waals surface area contributed by atoms with E-state index in [0.717, 1.165) is 25.7 Å².